The topological polar surface area (TPSA) is 21.3 Å². The zero-order chi connectivity index (χ0) is 11.9. The largest absolute Gasteiger partial charge is 0.385 e. The second kappa shape index (κ2) is 6.77. The first-order valence-electron chi connectivity index (χ1n) is 6.69. The van der Waals surface area contributed by atoms with Gasteiger partial charge in [0.05, 0.1) is 0 Å². The molecule has 0 radical (unpaired) electrons. The molecular formula is C15H23NO. The van der Waals surface area contributed by atoms with Gasteiger partial charge in [-0.25, -0.2) is 0 Å². The first kappa shape index (κ1) is 12.6. The molecule has 1 fully saturated rings. The zero-order valence-electron chi connectivity index (χ0n) is 10.7. The molecule has 0 unspecified atom stereocenters. The molecule has 0 heterocycles. The highest BCUT2D eigenvalue weighted by Crippen LogP contribution is 2.41. The lowest BCUT2D eigenvalue weighted by Crippen LogP contribution is -2.16. The monoisotopic (exact) mass is 233 g/mol. The Kier molecular flexibility index (Phi) is 5.02. The molecule has 1 aliphatic carbocycles. The molecule has 1 saturated carbocycles. The molecule has 94 valence electrons. The standard InChI is InChI=1S/C15H23NO/c1-17-11-5-4-10-16-12-14-6-2-3-7-15(14)13-8-9-13/h2-3,6-7,13,16H,4-5,8-12H2,1H3. The number of ether oxygens (including phenoxy) is 1. The Balaban J connectivity index is 1.71. The van der Waals surface area contributed by atoms with Gasteiger partial charge in [0.15, 0.2) is 0 Å². The van der Waals surface area contributed by atoms with Crippen molar-refractivity contribution in [3.8, 4) is 0 Å². The smallest absolute Gasteiger partial charge is 0.0462 e. The van der Waals surface area contributed by atoms with Crippen LogP contribution < -0.4 is 5.32 Å². The van der Waals surface area contributed by atoms with Gasteiger partial charge in [-0.15, -0.1) is 0 Å². The van der Waals surface area contributed by atoms with Crippen molar-refractivity contribution in [3.05, 3.63) is 35.4 Å². The third-order valence-corrected chi connectivity index (χ3v) is 3.34. The fourth-order valence-corrected chi connectivity index (χ4v) is 2.21. The maximum atomic E-state index is 5.04. The molecule has 1 aromatic rings. The van der Waals surface area contributed by atoms with Gasteiger partial charge in [0.25, 0.3) is 0 Å². The Morgan fingerprint density at radius 3 is 2.82 bits per heavy atom. The Morgan fingerprint density at radius 1 is 1.24 bits per heavy atom. The van der Waals surface area contributed by atoms with E-state index in [0.717, 1.165) is 32.0 Å². The summed E-state index contributed by atoms with van der Waals surface area (Å²) in [7, 11) is 1.76. The van der Waals surface area contributed by atoms with E-state index in [1.807, 2.05) is 0 Å². The lowest BCUT2D eigenvalue weighted by atomic mass is 10.0. The molecule has 1 aliphatic rings. The molecular weight excluding hydrogens is 210 g/mol. The van der Waals surface area contributed by atoms with Gasteiger partial charge in [0, 0.05) is 20.3 Å². The number of benzene rings is 1. The predicted molar refractivity (Wildman–Crippen MR) is 71.2 cm³/mol. The zero-order valence-corrected chi connectivity index (χ0v) is 10.7. The van der Waals surface area contributed by atoms with Crippen LogP contribution in [0.2, 0.25) is 0 Å². The molecule has 0 amide bonds. The Labute approximate surface area is 104 Å². The van der Waals surface area contributed by atoms with E-state index >= 15 is 0 Å². The minimum absolute atomic E-state index is 0.849. The van der Waals surface area contributed by atoms with Gasteiger partial charge in [-0.2, -0.15) is 0 Å². The summed E-state index contributed by atoms with van der Waals surface area (Å²) >= 11 is 0. The summed E-state index contributed by atoms with van der Waals surface area (Å²) < 4.78 is 5.04. The quantitative estimate of drug-likeness (QED) is 0.697. The summed E-state index contributed by atoms with van der Waals surface area (Å²) in [5.41, 5.74) is 3.05. The van der Waals surface area contributed by atoms with Gasteiger partial charge in [0.1, 0.15) is 0 Å². The number of rotatable bonds is 8. The van der Waals surface area contributed by atoms with Crippen LogP contribution in [-0.2, 0) is 11.3 Å². The van der Waals surface area contributed by atoms with E-state index in [4.69, 9.17) is 4.74 Å². The first-order valence-corrected chi connectivity index (χ1v) is 6.69. The van der Waals surface area contributed by atoms with Crippen LogP contribution in [0, 0.1) is 0 Å². The lowest BCUT2D eigenvalue weighted by molar-refractivity contribution is 0.192. The molecule has 2 heteroatoms. The summed E-state index contributed by atoms with van der Waals surface area (Å²) in [4.78, 5) is 0. The SMILES string of the molecule is COCCCCNCc1ccccc1C1CC1. The molecule has 1 N–H and O–H groups in total. The predicted octanol–water partition coefficient (Wildman–Crippen LogP) is 3.08. The highest BCUT2D eigenvalue weighted by atomic mass is 16.5. The van der Waals surface area contributed by atoms with Crippen LogP contribution in [0.5, 0.6) is 0 Å². The molecule has 1 aromatic carbocycles. The number of methoxy groups -OCH3 is 1. The summed E-state index contributed by atoms with van der Waals surface area (Å²) in [6.45, 7) is 2.97. The van der Waals surface area contributed by atoms with Gasteiger partial charge in [-0.05, 0) is 49.3 Å². The van der Waals surface area contributed by atoms with Crippen LogP contribution in [0.4, 0.5) is 0 Å². The number of nitrogens with one attached hydrogen (secondary N) is 1. The van der Waals surface area contributed by atoms with Gasteiger partial charge in [-0.3, -0.25) is 0 Å². The minimum atomic E-state index is 0.849. The second-order valence-electron chi connectivity index (χ2n) is 4.85. The van der Waals surface area contributed by atoms with Crippen molar-refractivity contribution < 1.29 is 4.74 Å². The van der Waals surface area contributed by atoms with Crippen LogP contribution in [0.25, 0.3) is 0 Å². The molecule has 0 aromatic heterocycles. The van der Waals surface area contributed by atoms with Crippen LogP contribution in [0.3, 0.4) is 0 Å². The van der Waals surface area contributed by atoms with Crippen molar-refractivity contribution in [3.63, 3.8) is 0 Å². The van der Waals surface area contributed by atoms with E-state index in [9.17, 15) is 0 Å². The van der Waals surface area contributed by atoms with Gasteiger partial charge >= 0.3 is 0 Å². The van der Waals surface area contributed by atoms with Crippen molar-refractivity contribution in [2.75, 3.05) is 20.3 Å². The fourth-order valence-electron chi connectivity index (χ4n) is 2.21. The van der Waals surface area contributed by atoms with E-state index in [2.05, 4.69) is 29.6 Å². The Hall–Kier alpha value is -0.860. The average molecular weight is 233 g/mol. The van der Waals surface area contributed by atoms with Gasteiger partial charge < -0.3 is 10.1 Å². The van der Waals surface area contributed by atoms with Gasteiger partial charge in [0.2, 0.25) is 0 Å². The highest BCUT2D eigenvalue weighted by Gasteiger charge is 2.25. The van der Waals surface area contributed by atoms with Crippen molar-refractivity contribution in [2.45, 2.75) is 38.1 Å². The van der Waals surface area contributed by atoms with Crippen LogP contribution >= 0.6 is 0 Å². The van der Waals surface area contributed by atoms with E-state index in [0.29, 0.717) is 0 Å². The number of unbranched alkanes of at least 4 members (excludes halogenated alkanes) is 1. The maximum Gasteiger partial charge on any atom is 0.0462 e. The molecule has 0 bridgehead atoms. The number of hydrogen-bond acceptors (Lipinski definition) is 2. The Bertz CT molecular complexity index is 333. The summed E-state index contributed by atoms with van der Waals surface area (Å²) in [5.74, 6) is 0.849. The van der Waals surface area contributed by atoms with Crippen LogP contribution in [0.1, 0.15) is 42.7 Å². The summed E-state index contributed by atoms with van der Waals surface area (Å²) in [6.07, 6.45) is 5.10. The Morgan fingerprint density at radius 2 is 2.06 bits per heavy atom. The van der Waals surface area contributed by atoms with Crippen molar-refractivity contribution in [2.24, 2.45) is 0 Å². The summed E-state index contributed by atoms with van der Waals surface area (Å²) in [6, 6.07) is 8.86. The van der Waals surface area contributed by atoms with Crippen molar-refractivity contribution >= 4 is 0 Å². The number of hydrogen-bond donors (Lipinski definition) is 1. The van der Waals surface area contributed by atoms with Crippen LogP contribution in [0.15, 0.2) is 24.3 Å². The molecule has 2 rings (SSSR count). The first-order chi connectivity index (χ1) is 8.42. The average Bonchev–Trinajstić information content (AvgIpc) is 3.18. The lowest BCUT2D eigenvalue weighted by Gasteiger charge is -2.09. The molecule has 0 aliphatic heterocycles. The second-order valence-corrected chi connectivity index (χ2v) is 4.85. The van der Waals surface area contributed by atoms with E-state index in [1.165, 1.54) is 24.8 Å². The molecule has 0 spiro atoms. The van der Waals surface area contributed by atoms with Crippen molar-refractivity contribution in [1.82, 2.24) is 5.32 Å². The summed E-state index contributed by atoms with van der Waals surface area (Å²) in [5, 5.41) is 3.53. The van der Waals surface area contributed by atoms with E-state index < -0.39 is 0 Å². The molecule has 2 nitrogen and oxygen atoms in total. The molecule has 0 atom stereocenters. The van der Waals surface area contributed by atoms with Crippen LogP contribution in [-0.4, -0.2) is 20.3 Å². The third-order valence-electron chi connectivity index (χ3n) is 3.34. The molecule has 0 saturated heterocycles. The normalized spacial score (nSPS) is 15.1. The van der Waals surface area contributed by atoms with Crippen molar-refractivity contribution in [1.29, 1.82) is 0 Å². The maximum absolute atomic E-state index is 5.04. The fraction of sp³-hybridized carbons (Fsp3) is 0.600. The van der Waals surface area contributed by atoms with E-state index in [-0.39, 0.29) is 0 Å². The minimum Gasteiger partial charge on any atom is -0.385 e. The van der Waals surface area contributed by atoms with Gasteiger partial charge in [-0.1, -0.05) is 24.3 Å². The third kappa shape index (κ3) is 4.14. The molecule has 17 heavy (non-hydrogen) atoms. The highest BCUT2D eigenvalue weighted by molar-refractivity contribution is 5.33. The van der Waals surface area contributed by atoms with E-state index in [1.54, 1.807) is 12.7 Å².